The maximum atomic E-state index is 4.80. The number of thioether (sulfide) groups is 1. The molecule has 1 aromatic heterocycles. The summed E-state index contributed by atoms with van der Waals surface area (Å²) < 4.78 is 2.11. The van der Waals surface area contributed by atoms with Crippen LogP contribution in [0.5, 0.6) is 0 Å². The van der Waals surface area contributed by atoms with Gasteiger partial charge in [0.25, 0.3) is 0 Å². The van der Waals surface area contributed by atoms with Crippen molar-refractivity contribution >= 4 is 33.5 Å². The lowest BCUT2D eigenvalue weighted by Gasteiger charge is -2.35. The molecule has 0 bridgehead atoms. The number of hydrogen-bond donors (Lipinski definition) is 0. The van der Waals surface area contributed by atoms with E-state index in [9.17, 15) is 0 Å². The zero-order valence-electron chi connectivity index (χ0n) is 12.4. The van der Waals surface area contributed by atoms with Crippen LogP contribution >= 0.6 is 27.7 Å². The Hall–Kier alpha value is -0.940. The third-order valence-corrected chi connectivity index (χ3v) is 5.68. The van der Waals surface area contributed by atoms with Crippen LogP contribution in [0.1, 0.15) is 18.2 Å². The Labute approximate surface area is 138 Å². The van der Waals surface area contributed by atoms with Gasteiger partial charge in [-0.2, -0.15) is 16.9 Å². The third kappa shape index (κ3) is 2.86. The average molecular weight is 366 g/mol. The molecule has 0 spiro atoms. The van der Waals surface area contributed by atoms with Gasteiger partial charge in [-0.25, -0.2) is 4.68 Å². The SMILES string of the molecule is Cc1nn(-c2ccccc2)c(N2CCSCC2C)c1CBr. The first-order valence-electron chi connectivity index (χ1n) is 7.26. The molecular weight excluding hydrogens is 346 g/mol. The number of para-hydroxylation sites is 1. The van der Waals surface area contributed by atoms with Crippen LogP contribution in [0.3, 0.4) is 0 Å². The van der Waals surface area contributed by atoms with Crippen molar-refractivity contribution in [3.05, 3.63) is 41.6 Å². The van der Waals surface area contributed by atoms with Gasteiger partial charge in [0, 0.05) is 35.0 Å². The molecule has 1 atom stereocenters. The van der Waals surface area contributed by atoms with Gasteiger partial charge in [0.05, 0.1) is 11.4 Å². The standard InChI is InChI=1S/C16H20BrN3S/c1-12-11-21-9-8-19(12)16-15(10-17)13(2)18-20(16)14-6-4-3-5-7-14/h3-7,12H,8-11H2,1-2H3. The number of alkyl halides is 1. The number of halogens is 1. The van der Waals surface area contributed by atoms with Crippen molar-refractivity contribution in [3.8, 4) is 5.69 Å². The van der Waals surface area contributed by atoms with Crippen molar-refractivity contribution < 1.29 is 0 Å². The maximum Gasteiger partial charge on any atom is 0.137 e. The number of nitrogens with zero attached hydrogens (tertiary/aromatic N) is 3. The number of anilines is 1. The first-order chi connectivity index (χ1) is 10.2. The van der Waals surface area contributed by atoms with Crippen LogP contribution in [0.4, 0.5) is 5.82 Å². The van der Waals surface area contributed by atoms with Crippen LogP contribution in [-0.4, -0.2) is 33.9 Å². The summed E-state index contributed by atoms with van der Waals surface area (Å²) in [6.45, 7) is 5.49. The second-order valence-electron chi connectivity index (χ2n) is 5.39. The van der Waals surface area contributed by atoms with Crippen molar-refractivity contribution in [1.82, 2.24) is 9.78 Å². The van der Waals surface area contributed by atoms with E-state index in [1.165, 1.54) is 22.9 Å². The Balaban J connectivity index is 2.12. The molecule has 0 radical (unpaired) electrons. The lowest BCUT2D eigenvalue weighted by Crippen LogP contribution is -2.42. The molecule has 2 heterocycles. The minimum Gasteiger partial charge on any atom is -0.352 e. The van der Waals surface area contributed by atoms with E-state index in [4.69, 9.17) is 5.10 Å². The van der Waals surface area contributed by atoms with Gasteiger partial charge >= 0.3 is 0 Å². The molecule has 0 saturated carbocycles. The van der Waals surface area contributed by atoms with Crippen LogP contribution in [0.2, 0.25) is 0 Å². The van der Waals surface area contributed by atoms with E-state index in [1.54, 1.807) is 0 Å². The summed E-state index contributed by atoms with van der Waals surface area (Å²) in [7, 11) is 0. The van der Waals surface area contributed by atoms with E-state index in [1.807, 2.05) is 17.8 Å². The highest BCUT2D eigenvalue weighted by Crippen LogP contribution is 2.32. The predicted molar refractivity (Wildman–Crippen MR) is 95.1 cm³/mol. The molecule has 0 amide bonds. The van der Waals surface area contributed by atoms with E-state index in [2.05, 4.69) is 63.6 Å². The van der Waals surface area contributed by atoms with Gasteiger partial charge < -0.3 is 4.90 Å². The number of aryl methyl sites for hydroxylation is 1. The molecule has 2 aromatic rings. The highest BCUT2D eigenvalue weighted by molar-refractivity contribution is 9.08. The fourth-order valence-electron chi connectivity index (χ4n) is 2.79. The largest absolute Gasteiger partial charge is 0.352 e. The van der Waals surface area contributed by atoms with Crippen molar-refractivity contribution in [2.24, 2.45) is 0 Å². The predicted octanol–water partition coefficient (Wildman–Crippen LogP) is 4.02. The Morgan fingerprint density at radius 3 is 2.76 bits per heavy atom. The van der Waals surface area contributed by atoms with Gasteiger partial charge in [-0.05, 0) is 26.0 Å². The summed E-state index contributed by atoms with van der Waals surface area (Å²) in [6.07, 6.45) is 0. The van der Waals surface area contributed by atoms with Gasteiger partial charge in [0.15, 0.2) is 0 Å². The second-order valence-corrected chi connectivity index (χ2v) is 7.10. The van der Waals surface area contributed by atoms with Gasteiger partial charge in [-0.3, -0.25) is 0 Å². The molecule has 0 N–H and O–H groups in total. The van der Waals surface area contributed by atoms with Crippen molar-refractivity contribution in [3.63, 3.8) is 0 Å². The molecule has 5 heteroatoms. The summed E-state index contributed by atoms with van der Waals surface area (Å²) >= 11 is 5.69. The van der Waals surface area contributed by atoms with E-state index in [0.717, 1.165) is 23.3 Å². The Morgan fingerprint density at radius 1 is 1.33 bits per heavy atom. The minimum absolute atomic E-state index is 0.542. The molecule has 1 aliphatic heterocycles. The van der Waals surface area contributed by atoms with Gasteiger partial charge in [-0.15, -0.1) is 0 Å². The van der Waals surface area contributed by atoms with Gasteiger partial charge in [0.1, 0.15) is 5.82 Å². The minimum atomic E-state index is 0.542. The monoisotopic (exact) mass is 365 g/mol. The molecule has 3 nitrogen and oxygen atoms in total. The summed E-state index contributed by atoms with van der Waals surface area (Å²) in [5.74, 6) is 3.62. The molecule has 3 rings (SSSR count). The van der Waals surface area contributed by atoms with E-state index in [-0.39, 0.29) is 0 Å². The molecule has 1 fully saturated rings. The Kier molecular flexibility index (Phi) is 4.60. The Bertz CT molecular complexity index is 611. The lowest BCUT2D eigenvalue weighted by molar-refractivity contribution is 0.669. The van der Waals surface area contributed by atoms with E-state index in [0.29, 0.717) is 6.04 Å². The summed E-state index contributed by atoms with van der Waals surface area (Å²) in [6, 6.07) is 11.0. The third-order valence-electron chi connectivity index (χ3n) is 3.93. The summed E-state index contributed by atoms with van der Waals surface area (Å²) in [4.78, 5) is 2.51. The Morgan fingerprint density at radius 2 is 2.10 bits per heavy atom. The van der Waals surface area contributed by atoms with Gasteiger partial charge in [0.2, 0.25) is 0 Å². The normalized spacial score (nSPS) is 19.0. The molecule has 1 aromatic carbocycles. The lowest BCUT2D eigenvalue weighted by atomic mass is 10.2. The van der Waals surface area contributed by atoms with Crippen molar-refractivity contribution in [1.29, 1.82) is 0 Å². The molecule has 1 aliphatic rings. The fourth-order valence-corrected chi connectivity index (χ4v) is 4.46. The highest BCUT2D eigenvalue weighted by Gasteiger charge is 2.26. The molecule has 0 aliphatic carbocycles. The van der Waals surface area contributed by atoms with Crippen LogP contribution in [-0.2, 0) is 5.33 Å². The molecule has 1 unspecified atom stereocenters. The summed E-state index contributed by atoms with van der Waals surface area (Å²) in [5.41, 5.74) is 3.54. The molecule has 21 heavy (non-hydrogen) atoms. The van der Waals surface area contributed by atoms with Crippen LogP contribution in [0.25, 0.3) is 5.69 Å². The second kappa shape index (κ2) is 6.44. The zero-order valence-corrected chi connectivity index (χ0v) is 14.8. The smallest absolute Gasteiger partial charge is 0.137 e. The highest BCUT2D eigenvalue weighted by atomic mass is 79.9. The first kappa shape index (κ1) is 15.0. The van der Waals surface area contributed by atoms with Crippen LogP contribution in [0.15, 0.2) is 30.3 Å². The molecule has 1 saturated heterocycles. The average Bonchev–Trinajstić information content (AvgIpc) is 2.85. The summed E-state index contributed by atoms with van der Waals surface area (Å²) in [5, 5.41) is 5.64. The van der Waals surface area contributed by atoms with E-state index >= 15 is 0 Å². The first-order valence-corrected chi connectivity index (χ1v) is 9.54. The topological polar surface area (TPSA) is 21.1 Å². The number of benzene rings is 1. The van der Waals surface area contributed by atoms with Crippen molar-refractivity contribution in [2.45, 2.75) is 25.2 Å². The molecule has 112 valence electrons. The van der Waals surface area contributed by atoms with Gasteiger partial charge in [-0.1, -0.05) is 34.1 Å². The molecular formula is C16H20BrN3S. The fraction of sp³-hybridized carbons (Fsp3) is 0.438. The van der Waals surface area contributed by atoms with E-state index < -0.39 is 0 Å². The van der Waals surface area contributed by atoms with Crippen molar-refractivity contribution in [2.75, 3.05) is 23.0 Å². The van der Waals surface area contributed by atoms with Crippen LogP contribution in [0, 0.1) is 6.92 Å². The number of hydrogen-bond acceptors (Lipinski definition) is 3. The zero-order chi connectivity index (χ0) is 14.8. The van der Waals surface area contributed by atoms with Crippen LogP contribution < -0.4 is 4.90 Å². The number of rotatable bonds is 3. The maximum absolute atomic E-state index is 4.80. The number of aromatic nitrogens is 2. The quantitative estimate of drug-likeness (QED) is 0.766.